The van der Waals surface area contributed by atoms with Crippen LogP contribution in [0.15, 0.2) is 48.5 Å². The molecule has 0 heterocycles. The number of rotatable bonds is 6. The first-order valence-electron chi connectivity index (χ1n) is 20.6. The van der Waals surface area contributed by atoms with Gasteiger partial charge in [-0.15, -0.1) is 11.1 Å². The second-order valence-corrected chi connectivity index (χ2v) is 28.8. The highest BCUT2D eigenvalue weighted by atomic mass is 28.3. The molecule has 5 aromatic carbocycles. The van der Waals surface area contributed by atoms with Crippen molar-refractivity contribution in [3.05, 3.63) is 81.9 Å². The van der Waals surface area contributed by atoms with Gasteiger partial charge in [-0.05, 0) is 163 Å². The van der Waals surface area contributed by atoms with E-state index in [0.29, 0.717) is 22.2 Å². The number of hydrogen-bond donors (Lipinski definition) is 0. The third-order valence-corrected chi connectivity index (χ3v) is 27.2. The lowest BCUT2D eigenvalue weighted by molar-refractivity contribution is 0.476. The summed E-state index contributed by atoms with van der Waals surface area (Å²) in [5, 5.41) is 10.4. The van der Waals surface area contributed by atoms with Gasteiger partial charge in [0.1, 0.15) is 16.1 Å². The maximum atomic E-state index is 4.21. The zero-order valence-corrected chi connectivity index (χ0v) is 36.3. The van der Waals surface area contributed by atoms with Crippen molar-refractivity contribution in [2.24, 2.45) is 0 Å². The van der Waals surface area contributed by atoms with Crippen molar-refractivity contribution in [2.45, 2.75) is 155 Å². The maximum absolute atomic E-state index is 4.21. The summed E-state index contributed by atoms with van der Waals surface area (Å²) in [4.78, 5) is 0. The Bertz CT molecular complexity index is 2160. The lowest BCUT2D eigenvalue weighted by Gasteiger charge is -2.46. The van der Waals surface area contributed by atoms with Crippen molar-refractivity contribution in [3.8, 4) is 22.9 Å². The second-order valence-electron chi connectivity index (χ2n) is 18.3. The average molecular weight is 719 g/mol. The van der Waals surface area contributed by atoms with Crippen LogP contribution < -0.4 is 0 Å². The summed E-state index contributed by atoms with van der Waals surface area (Å²) < 4.78 is 0. The standard InChI is InChI=1S/C50H62Si2/c1-31(2)51(32(3)4,45-15-13-16-45)21-19-47-37(11)38(12)48(20-22-52(33(5)6,34(7)8)46-17-14-18-46)50-30-44-28-42-26-40-24-36(10)35(9)23-39(40)25-41(42)27-43(44)29-49(47)50/h23-34,45-46H,13-18H2,1-12H3. The second kappa shape index (κ2) is 13.8. The molecule has 0 spiro atoms. The molecule has 2 saturated carbocycles. The minimum absolute atomic E-state index is 0.647. The molecule has 0 bridgehead atoms. The maximum Gasteiger partial charge on any atom is 0.147 e. The van der Waals surface area contributed by atoms with Gasteiger partial charge in [0.05, 0.1) is 0 Å². The average Bonchev–Trinajstić information content (AvgIpc) is 3.03. The fraction of sp³-hybridized carbons (Fsp3) is 0.480. The molecular weight excluding hydrogens is 657 g/mol. The number of aryl methyl sites for hydroxylation is 2. The van der Waals surface area contributed by atoms with Crippen LogP contribution in [0.4, 0.5) is 0 Å². The van der Waals surface area contributed by atoms with E-state index in [9.17, 15) is 0 Å². The van der Waals surface area contributed by atoms with E-state index in [2.05, 4.69) is 155 Å². The molecular formula is C50H62Si2. The molecule has 0 saturated heterocycles. The molecule has 2 fully saturated rings. The van der Waals surface area contributed by atoms with E-state index < -0.39 is 16.1 Å². The Kier molecular flexibility index (Phi) is 9.85. The third kappa shape index (κ3) is 5.89. The molecule has 2 aliphatic carbocycles. The zero-order valence-electron chi connectivity index (χ0n) is 34.3. The highest BCUT2D eigenvalue weighted by molar-refractivity contribution is 6.91. The molecule has 0 atom stereocenters. The molecule has 0 aromatic heterocycles. The summed E-state index contributed by atoms with van der Waals surface area (Å²) in [7, 11) is -3.75. The molecule has 0 radical (unpaired) electrons. The molecule has 0 nitrogen and oxygen atoms in total. The molecule has 52 heavy (non-hydrogen) atoms. The number of hydrogen-bond acceptors (Lipinski definition) is 0. The van der Waals surface area contributed by atoms with Crippen molar-refractivity contribution in [3.63, 3.8) is 0 Å². The Balaban J connectivity index is 1.53. The molecule has 0 unspecified atom stereocenters. The summed E-state index contributed by atoms with van der Waals surface area (Å²) in [6.07, 6.45) is 8.23. The van der Waals surface area contributed by atoms with Crippen LogP contribution in [-0.2, 0) is 0 Å². The zero-order chi connectivity index (χ0) is 37.3. The largest absolute Gasteiger partial charge is 0.147 e. The van der Waals surface area contributed by atoms with Crippen LogP contribution in [0.2, 0.25) is 33.2 Å². The van der Waals surface area contributed by atoms with Crippen LogP contribution in [-0.4, -0.2) is 16.1 Å². The van der Waals surface area contributed by atoms with Crippen molar-refractivity contribution in [2.75, 3.05) is 0 Å². The highest BCUT2D eigenvalue weighted by Gasteiger charge is 2.49. The van der Waals surface area contributed by atoms with Gasteiger partial charge in [-0.3, -0.25) is 0 Å². The van der Waals surface area contributed by atoms with Crippen LogP contribution in [0.3, 0.4) is 0 Å². The first kappa shape index (κ1) is 37.0. The number of benzene rings is 5. The topological polar surface area (TPSA) is 0 Å². The van der Waals surface area contributed by atoms with Crippen LogP contribution >= 0.6 is 0 Å². The Morgan fingerprint density at radius 2 is 0.731 bits per heavy atom. The van der Waals surface area contributed by atoms with Gasteiger partial charge in [-0.1, -0.05) is 118 Å². The molecule has 0 aliphatic heterocycles. The SMILES string of the molecule is Cc1cc2cc3cc4cc5c(C#C[Si](C(C)C)(C(C)C)C6CCC6)c(C)c(C)c(C#C[Si](C(C)C)(C(C)C)C6CCC6)c5cc4cc3cc2cc1C. The van der Waals surface area contributed by atoms with E-state index in [1.54, 1.807) is 0 Å². The van der Waals surface area contributed by atoms with Gasteiger partial charge < -0.3 is 0 Å². The summed E-state index contributed by atoms with van der Waals surface area (Å²) in [5.41, 5.74) is 20.5. The molecule has 7 rings (SSSR count). The first-order valence-corrected chi connectivity index (χ1v) is 25.1. The van der Waals surface area contributed by atoms with E-state index in [0.717, 1.165) is 11.1 Å². The first-order chi connectivity index (χ1) is 24.7. The summed E-state index contributed by atoms with van der Waals surface area (Å²) in [6, 6.07) is 19.3. The summed E-state index contributed by atoms with van der Waals surface area (Å²) in [5.74, 6) is 8.06. The van der Waals surface area contributed by atoms with Gasteiger partial charge in [0.15, 0.2) is 0 Å². The van der Waals surface area contributed by atoms with E-state index in [-0.39, 0.29) is 0 Å². The molecule has 0 amide bonds. The molecule has 2 heteroatoms. The van der Waals surface area contributed by atoms with Crippen LogP contribution in [0, 0.1) is 50.6 Å². The van der Waals surface area contributed by atoms with E-state index >= 15 is 0 Å². The Morgan fingerprint density at radius 3 is 1.00 bits per heavy atom. The number of fused-ring (bicyclic) bond motifs is 4. The molecule has 0 N–H and O–H groups in total. The van der Waals surface area contributed by atoms with E-state index in [1.165, 1.54) is 115 Å². The monoisotopic (exact) mass is 718 g/mol. The Labute approximate surface area is 317 Å². The van der Waals surface area contributed by atoms with Gasteiger partial charge >= 0.3 is 0 Å². The molecule has 5 aromatic rings. The molecule has 2 aliphatic rings. The van der Waals surface area contributed by atoms with Crippen LogP contribution in [0.25, 0.3) is 43.1 Å². The predicted octanol–water partition coefficient (Wildman–Crippen LogP) is 15.0. The summed E-state index contributed by atoms with van der Waals surface area (Å²) in [6.45, 7) is 28.9. The Morgan fingerprint density at radius 1 is 0.442 bits per heavy atom. The van der Waals surface area contributed by atoms with Crippen molar-refractivity contribution in [1.29, 1.82) is 0 Å². The highest BCUT2D eigenvalue weighted by Crippen LogP contribution is 2.52. The van der Waals surface area contributed by atoms with Gasteiger partial charge in [0.2, 0.25) is 0 Å². The van der Waals surface area contributed by atoms with Gasteiger partial charge in [-0.2, -0.15) is 0 Å². The Hall–Kier alpha value is -3.31. The molecule has 270 valence electrons. The lowest BCUT2D eigenvalue weighted by Crippen LogP contribution is -2.47. The quantitative estimate of drug-likeness (QED) is 0.0931. The normalized spacial score (nSPS) is 15.8. The van der Waals surface area contributed by atoms with Gasteiger partial charge in [0, 0.05) is 11.1 Å². The fourth-order valence-electron chi connectivity index (χ4n) is 10.7. The van der Waals surface area contributed by atoms with E-state index in [1.807, 2.05) is 0 Å². The van der Waals surface area contributed by atoms with E-state index in [4.69, 9.17) is 0 Å². The minimum Gasteiger partial charge on any atom is -0.125 e. The van der Waals surface area contributed by atoms with Crippen LogP contribution in [0.5, 0.6) is 0 Å². The van der Waals surface area contributed by atoms with Crippen molar-refractivity contribution in [1.82, 2.24) is 0 Å². The smallest absolute Gasteiger partial charge is 0.125 e. The van der Waals surface area contributed by atoms with Gasteiger partial charge in [-0.25, -0.2) is 0 Å². The van der Waals surface area contributed by atoms with Crippen LogP contribution in [0.1, 0.15) is 127 Å². The van der Waals surface area contributed by atoms with Gasteiger partial charge in [0.25, 0.3) is 0 Å². The summed E-state index contributed by atoms with van der Waals surface area (Å²) >= 11 is 0. The third-order valence-electron chi connectivity index (χ3n) is 14.5. The van der Waals surface area contributed by atoms with Crippen molar-refractivity contribution < 1.29 is 0 Å². The predicted molar refractivity (Wildman–Crippen MR) is 236 cm³/mol. The van der Waals surface area contributed by atoms with Crippen molar-refractivity contribution >= 4 is 59.2 Å². The fourth-order valence-corrected chi connectivity index (χ4v) is 22.1. The lowest BCUT2D eigenvalue weighted by atomic mass is 9.88. The minimum atomic E-state index is -1.87.